The van der Waals surface area contributed by atoms with Gasteiger partial charge in [0.2, 0.25) is 10.0 Å². The lowest BCUT2D eigenvalue weighted by molar-refractivity contribution is -0.0693. The zero-order chi connectivity index (χ0) is 29.6. The second kappa shape index (κ2) is 13.4. The Kier molecular flexibility index (Phi) is 10.2. The van der Waals surface area contributed by atoms with E-state index in [0.29, 0.717) is 30.3 Å². The second-order valence-corrected chi connectivity index (χ2v) is 13.7. The van der Waals surface area contributed by atoms with Crippen molar-refractivity contribution in [1.29, 1.82) is 0 Å². The number of rotatable bonds is 10. The number of aliphatic hydroxyl groups is 1. The molecule has 0 unspecified atom stereocenters. The lowest BCUT2D eigenvalue weighted by atomic mass is 9.57. The van der Waals surface area contributed by atoms with E-state index in [-0.39, 0.29) is 29.1 Å². The third-order valence-corrected chi connectivity index (χ3v) is 10.1. The first-order valence-electron chi connectivity index (χ1n) is 14.3. The molecule has 0 radical (unpaired) electrons. The Balaban J connectivity index is 1.67. The van der Waals surface area contributed by atoms with Gasteiger partial charge in [0, 0.05) is 23.7 Å². The van der Waals surface area contributed by atoms with Crippen molar-refractivity contribution in [3.05, 3.63) is 83.4 Å². The van der Waals surface area contributed by atoms with Gasteiger partial charge in [-0.1, -0.05) is 36.7 Å². The zero-order valence-electron chi connectivity index (χ0n) is 23.8. The quantitative estimate of drug-likeness (QED) is 0.322. The van der Waals surface area contributed by atoms with Crippen molar-refractivity contribution in [1.82, 2.24) is 4.72 Å². The lowest BCUT2D eigenvalue weighted by Crippen LogP contribution is -2.51. The number of carbonyl (C=O) groups excluding carboxylic acids is 1. The fourth-order valence-corrected chi connectivity index (χ4v) is 6.98. The number of carbonyl (C=O) groups is 1. The van der Waals surface area contributed by atoms with E-state index in [4.69, 9.17) is 16.3 Å². The summed E-state index contributed by atoms with van der Waals surface area (Å²) >= 11 is 6.29. The summed E-state index contributed by atoms with van der Waals surface area (Å²) in [6, 6.07) is 10.9. The number of hydrogen-bond acceptors (Lipinski definition) is 6. The van der Waals surface area contributed by atoms with E-state index < -0.39 is 22.0 Å². The van der Waals surface area contributed by atoms with Crippen LogP contribution in [0.5, 0.6) is 5.75 Å². The molecule has 9 heteroatoms. The van der Waals surface area contributed by atoms with Crippen LogP contribution in [0.1, 0.15) is 66.9 Å². The predicted molar refractivity (Wildman–Crippen MR) is 165 cm³/mol. The Bertz CT molecular complexity index is 1380. The van der Waals surface area contributed by atoms with E-state index in [1.807, 2.05) is 18.2 Å². The second-order valence-electron chi connectivity index (χ2n) is 11.4. The lowest BCUT2D eigenvalue weighted by Gasteiger charge is -2.52. The molecule has 2 N–H and O–H groups in total. The highest BCUT2D eigenvalue weighted by molar-refractivity contribution is 7.90. The summed E-state index contributed by atoms with van der Waals surface area (Å²) in [5.41, 5.74) is 2.97. The molecule has 1 saturated carbocycles. The van der Waals surface area contributed by atoms with Crippen LogP contribution in [0.15, 0.2) is 61.7 Å². The van der Waals surface area contributed by atoms with Crippen LogP contribution in [0, 0.1) is 11.3 Å². The maximum absolute atomic E-state index is 13.1. The molecule has 1 aliphatic carbocycles. The molecular weight excluding hydrogens is 560 g/mol. The van der Waals surface area contributed by atoms with Gasteiger partial charge in [-0.15, -0.1) is 13.2 Å². The summed E-state index contributed by atoms with van der Waals surface area (Å²) in [7, 11) is -3.80. The zero-order valence-corrected chi connectivity index (χ0v) is 25.4. The number of aryl methyl sites for hydroxylation is 1. The summed E-state index contributed by atoms with van der Waals surface area (Å²) in [5.74, 6) is -0.0326. The molecule has 4 rings (SSSR count). The molecule has 7 nitrogen and oxygen atoms in total. The van der Waals surface area contributed by atoms with Gasteiger partial charge < -0.3 is 14.7 Å². The van der Waals surface area contributed by atoms with Crippen molar-refractivity contribution in [2.45, 2.75) is 64.6 Å². The van der Waals surface area contributed by atoms with E-state index in [1.54, 1.807) is 24.3 Å². The maximum atomic E-state index is 13.1. The Hall–Kier alpha value is -2.81. The molecule has 3 atom stereocenters. The topological polar surface area (TPSA) is 95.9 Å². The Morgan fingerprint density at radius 3 is 2.73 bits per heavy atom. The van der Waals surface area contributed by atoms with Crippen molar-refractivity contribution in [2.24, 2.45) is 11.3 Å². The van der Waals surface area contributed by atoms with E-state index >= 15 is 0 Å². The molecular formula is C32H41ClN2O5S. The third kappa shape index (κ3) is 7.53. The highest BCUT2D eigenvalue weighted by Gasteiger charge is 2.48. The molecule has 0 aromatic heterocycles. The molecule has 222 valence electrons. The first-order valence-corrected chi connectivity index (χ1v) is 16.3. The highest BCUT2D eigenvalue weighted by Crippen LogP contribution is 2.51. The first kappa shape index (κ1) is 31.1. The van der Waals surface area contributed by atoms with Gasteiger partial charge in [0.1, 0.15) is 12.4 Å². The van der Waals surface area contributed by atoms with Crippen LogP contribution in [0.3, 0.4) is 0 Å². The van der Waals surface area contributed by atoms with Gasteiger partial charge in [0.25, 0.3) is 5.91 Å². The number of hydrogen-bond donors (Lipinski definition) is 2. The number of nitrogens with zero attached hydrogens (tertiary/aromatic N) is 1. The number of ether oxygens (including phenoxy) is 1. The first-order chi connectivity index (χ1) is 19.6. The van der Waals surface area contributed by atoms with Crippen molar-refractivity contribution in [2.75, 3.05) is 23.7 Å². The van der Waals surface area contributed by atoms with E-state index in [2.05, 4.69) is 29.7 Å². The number of nitrogens with one attached hydrogen (secondary N) is 1. The van der Waals surface area contributed by atoms with Crippen LogP contribution in [-0.4, -0.2) is 44.4 Å². The monoisotopic (exact) mass is 600 g/mol. The Morgan fingerprint density at radius 2 is 2.02 bits per heavy atom. The number of anilines is 1. The van der Waals surface area contributed by atoms with Crippen molar-refractivity contribution < 1.29 is 23.1 Å². The molecule has 2 aliphatic rings. The van der Waals surface area contributed by atoms with E-state index in [1.165, 1.54) is 6.08 Å². The van der Waals surface area contributed by atoms with Gasteiger partial charge in [-0.05, 0) is 97.7 Å². The number of benzene rings is 2. The average molecular weight is 601 g/mol. The molecule has 1 aliphatic heterocycles. The minimum absolute atomic E-state index is 0.209. The molecule has 0 bridgehead atoms. The fourth-order valence-electron chi connectivity index (χ4n) is 5.80. The molecule has 0 saturated heterocycles. The maximum Gasteiger partial charge on any atom is 0.264 e. The molecule has 0 spiro atoms. The fraction of sp³-hybridized carbons (Fsp3) is 0.469. The van der Waals surface area contributed by atoms with E-state index in [0.717, 1.165) is 55.5 Å². The van der Waals surface area contributed by atoms with Crippen molar-refractivity contribution >= 4 is 33.2 Å². The van der Waals surface area contributed by atoms with Crippen LogP contribution in [-0.2, 0) is 23.1 Å². The third-order valence-electron chi connectivity index (χ3n) is 8.63. The highest BCUT2D eigenvalue weighted by atomic mass is 35.5. The number of amides is 1. The smallest absolute Gasteiger partial charge is 0.264 e. The Morgan fingerprint density at radius 1 is 1.22 bits per heavy atom. The number of halogens is 1. The Labute approximate surface area is 249 Å². The molecule has 2 aromatic rings. The molecule has 2 aromatic carbocycles. The normalized spacial score (nSPS) is 21.6. The summed E-state index contributed by atoms with van der Waals surface area (Å²) in [4.78, 5) is 15.3. The van der Waals surface area contributed by atoms with Gasteiger partial charge in [-0.2, -0.15) is 0 Å². The minimum Gasteiger partial charge on any atom is -0.487 e. The van der Waals surface area contributed by atoms with Crippen molar-refractivity contribution in [3.8, 4) is 5.75 Å². The molecule has 1 amide bonds. The van der Waals surface area contributed by atoms with Gasteiger partial charge in [0.15, 0.2) is 0 Å². The number of allylic oxidation sites excluding steroid dienone is 1. The van der Waals surface area contributed by atoms with Crippen LogP contribution < -0.4 is 14.4 Å². The van der Waals surface area contributed by atoms with Crippen LogP contribution in [0.4, 0.5) is 5.69 Å². The number of aliphatic hydroxyl groups excluding tert-OH is 1. The summed E-state index contributed by atoms with van der Waals surface area (Å²) < 4.78 is 33.4. The number of fused-ring (bicyclic) bond motifs is 2. The van der Waals surface area contributed by atoms with Crippen LogP contribution in [0.2, 0.25) is 5.02 Å². The van der Waals surface area contributed by atoms with Gasteiger partial charge in [-0.3, -0.25) is 4.79 Å². The van der Waals surface area contributed by atoms with Gasteiger partial charge in [0.05, 0.1) is 17.5 Å². The average Bonchev–Trinajstić information content (AvgIpc) is 2.96. The largest absolute Gasteiger partial charge is 0.487 e. The summed E-state index contributed by atoms with van der Waals surface area (Å²) in [6.07, 6.45) is 8.22. The SMILES string of the molecule is C=CCCS(=O)(=O)NC(=O)c1ccc2c(c1)N(C[C@@H]1CC[C@@]1(C)[C@@H](O)CC=C)CCCCc1cc(Cl)ccc1CO2. The van der Waals surface area contributed by atoms with Crippen molar-refractivity contribution in [3.63, 3.8) is 0 Å². The van der Waals surface area contributed by atoms with Crippen LogP contribution in [0.25, 0.3) is 0 Å². The minimum atomic E-state index is -3.80. The molecule has 1 fully saturated rings. The molecule has 41 heavy (non-hydrogen) atoms. The van der Waals surface area contributed by atoms with E-state index in [9.17, 15) is 18.3 Å². The predicted octanol–water partition coefficient (Wildman–Crippen LogP) is 6.05. The molecule has 1 heterocycles. The summed E-state index contributed by atoms with van der Waals surface area (Å²) in [5, 5.41) is 11.6. The van der Waals surface area contributed by atoms with Gasteiger partial charge in [-0.25, -0.2) is 13.1 Å². The van der Waals surface area contributed by atoms with Crippen LogP contribution >= 0.6 is 11.6 Å². The standard InChI is InChI=1S/C32H41ClN2O5S/c1-4-6-18-41(38,39)34-31(37)24-12-14-29-28(20-24)35(21-26-15-16-32(26,3)30(36)9-5-2)17-8-7-10-23-19-27(33)13-11-25(23)22-40-29/h4-5,11-14,19-20,26,30,36H,1-2,6-10,15-18,21-22H2,3H3,(H,34,37)/t26-,30-,32+/m0/s1. The number of sulfonamides is 1. The summed E-state index contributed by atoms with van der Waals surface area (Å²) in [6.45, 7) is 11.2. The van der Waals surface area contributed by atoms with Gasteiger partial charge >= 0.3 is 0 Å².